The van der Waals surface area contributed by atoms with Crippen LogP contribution in [0.15, 0.2) is 5.16 Å². The fourth-order valence-corrected chi connectivity index (χ4v) is 1.54. The van der Waals surface area contributed by atoms with E-state index in [9.17, 15) is 4.79 Å². The predicted molar refractivity (Wildman–Crippen MR) is 50.7 cm³/mol. The minimum Gasteiger partial charge on any atom is -0.465 e. The smallest absolute Gasteiger partial charge is 0.322 e. The molecule has 0 aliphatic heterocycles. The molecule has 1 heterocycles. The Kier molecular flexibility index (Phi) is 3.45. The van der Waals surface area contributed by atoms with E-state index >= 15 is 0 Å². The van der Waals surface area contributed by atoms with Crippen LogP contribution in [0.1, 0.15) is 20.8 Å². The summed E-state index contributed by atoms with van der Waals surface area (Å²) < 4.78 is 4.21. The summed E-state index contributed by atoms with van der Waals surface area (Å²) in [5, 5.41) is 13.7. The summed E-state index contributed by atoms with van der Waals surface area (Å²) in [6.07, 6.45) is 0. The fraction of sp³-hybridized carbons (Fsp3) is 0.714. The van der Waals surface area contributed by atoms with Gasteiger partial charge in [-0.2, -0.15) is 5.21 Å². The highest BCUT2D eigenvalue weighted by Crippen LogP contribution is 2.30. The lowest BCUT2D eigenvalue weighted by Gasteiger charge is -2.19. The number of rotatable bonds is 4. The van der Waals surface area contributed by atoms with Crippen molar-refractivity contribution in [2.24, 2.45) is 0 Å². The molecule has 1 rings (SSSR count). The number of aromatic amines is 1. The quantitative estimate of drug-likeness (QED) is 0.587. The number of nitrogens with zero attached hydrogens (tertiary/aromatic N) is 3. The van der Waals surface area contributed by atoms with Crippen molar-refractivity contribution in [3.8, 4) is 0 Å². The molecule has 14 heavy (non-hydrogen) atoms. The van der Waals surface area contributed by atoms with Crippen LogP contribution in [0.25, 0.3) is 0 Å². The van der Waals surface area contributed by atoms with E-state index in [0.29, 0.717) is 11.8 Å². The van der Waals surface area contributed by atoms with E-state index in [1.54, 1.807) is 20.8 Å². The van der Waals surface area contributed by atoms with E-state index in [-0.39, 0.29) is 5.97 Å². The maximum Gasteiger partial charge on any atom is 0.322 e. The van der Waals surface area contributed by atoms with Gasteiger partial charge in [-0.15, -0.1) is 10.2 Å². The molecule has 0 aromatic carbocycles. The molecule has 78 valence electrons. The molecule has 0 amide bonds. The van der Waals surface area contributed by atoms with Crippen LogP contribution < -0.4 is 0 Å². The molecule has 0 fully saturated rings. The zero-order valence-corrected chi connectivity index (χ0v) is 9.09. The zero-order valence-electron chi connectivity index (χ0n) is 8.27. The maximum absolute atomic E-state index is 11.5. The molecule has 6 nitrogen and oxygen atoms in total. The number of thioether (sulfide) groups is 1. The highest BCUT2D eigenvalue weighted by molar-refractivity contribution is 8.01. The maximum atomic E-state index is 11.5. The van der Waals surface area contributed by atoms with E-state index in [2.05, 4.69) is 20.6 Å². The number of carbonyl (C=O) groups excluding carboxylic acids is 1. The first-order valence-corrected chi connectivity index (χ1v) is 4.97. The first-order chi connectivity index (χ1) is 6.56. The molecule has 1 N–H and O–H groups in total. The first-order valence-electron chi connectivity index (χ1n) is 4.16. The van der Waals surface area contributed by atoms with Crippen LogP contribution in [-0.4, -0.2) is 37.9 Å². The number of hydrogen-bond donors (Lipinski definition) is 1. The third kappa shape index (κ3) is 2.69. The van der Waals surface area contributed by atoms with E-state index in [1.165, 1.54) is 11.8 Å². The minimum atomic E-state index is -0.695. The first kappa shape index (κ1) is 11.0. The number of ether oxygens (including phenoxy) is 1. The third-order valence-corrected chi connectivity index (χ3v) is 2.47. The number of carbonyl (C=O) groups is 1. The zero-order chi connectivity index (χ0) is 10.6. The summed E-state index contributed by atoms with van der Waals surface area (Å²) in [5.41, 5.74) is 0. The average Bonchev–Trinajstić information content (AvgIpc) is 2.56. The number of aromatic nitrogens is 4. The van der Waals surface area contributed by atoms with Gasteiger partial charge < -0.3 is 4.74 Å². The van der Waals surface area contributed by atoms with E-state index < -0.39 is 4.75 Å². The number of nitrogens with one attached hydrogen (secondary N) is 1. The lowest BCUT2D eigenvalue weighted by molar-refractivity contribution is -0.145. The molecule has 1 aromatic heterocycles. The molecule has 0 radical (unpaired) electrons. The van der Waals surface area contributed by atoms with Crippen molar-refractivity contribution in [2.75, 3.05) is 6.61 Å². The van der Waals surface area contributed by atoms with Crippen molar-refractivity contribution < 1.29 is 9.53 Å². The number of tetrazole rings is 1. The van der Waals surface area contributed by atoms with Crippen LogP contribution in [-0.2, 0) is 9.53 Å². The molecule has 7 heteroatoms. The monoisotopic (exact) mass is 216 g/mol. The summed E-state index contributed by atoms with van der Waals surface area (Å²) >= 11 is 1.21. The Labute approximate surface area is 85.8 Å². The Balaban J connectivity index is 2.61. The number of H-pyrrole nitrogens is 1. The van der Waals surface area contributed by atoms with Gasteiger partial charge in [-0.25, -0.2) is 0 Å². The second-order valence-electron chi connectivity index (χ2n) is 3.03. The Morgan fingerprint density at radius 2 is 2.36 bits per heavy atom. The summed E-state index contributed by atoms with van der Waals surface area (Å²) in [6.45, 7) is 5.65. The molecule has 0 unspecified atom stereocenters. The van der Waals surface area contributed by atoms with Gasteiger partial charge >= 0.3 is 5.97 Å². The van der Waals surface area contributed by atoms with Gasteiger partial charge in [0.05, 0.1) is 6.61 Å². The summed E-state index contributed by atoms with van der Waals surface area (Å²) in [5.74, 6) is -0.283. The average molecular weight is 216 g/mol. The molecule has 0 saturated heterocycles. The van der Waals surface area contributed by atoms with Gasteiger partial charge in [0.2, 0.25) is 5.16 Å². The fourth-order valence-electron chi connectivity index (χ4n) is 0.771. The second-order valence-corrected chi connectivity index (χ2v) is 4.62. The highest BCUT2D eigenvalue weighted by Gasteiger charge is 2.32. The molecular formula is C7H12N4O2S. The van der Waals surface area contributed by atoms with Gasteiger partial charge in [0.1, 0.15) is 4.75 Å². The molecule has 0 aliphatic rings. The van der Waals surface area contributed by atoms with Gasteiger partial charge in [-0.05, 0) is 26.0 Å². The van der Waals surface area contributed by atoms with Gasteiger partial charge in [0.15, 0.2) is 0 Å². The Morgan fingerprint density at radius 1 is 1.64 bits per heavy atom. The van der Waals surface area contributed by atoms with E-state index in [1.807, 2.05) is 0 Å². The topological polar surface area (TPSA) is 80.8 Å². The second kappa shape index (κ2) is 4.41. The molecule has 0 bridgehead atoms. The highest BCUT2D eigenvalue weighted by atomic mass is 32.2. The van der Waals surface area contributed by atoms with Crippen LogP contribution >= 0.6 is 11.8 Å². The summed E-state index contributed by atoms with van der Waals surface area (Å²) in [7, 11) is 0. The van der Waals surface area contributed by atoms with Crippen LogP contribution in [0.5, 0.6) is 0 Å². The van der Waals surface area contributed by atoms with Gasteiger partial charge in [0.25, 0.3) is 0 Å². The van der Waals surface area contributed by atoms with Gasteiger partial charge in [-0.3, -0.25) is 4.79 Å². The lowest BCUT2D eigenvalue weighted by atomic mass is 10.2. The normalized spacial score (nSPS) is 11.4. The van der Waals surface area contributed by atoms with Gasteiger partial charge in [0, 0.05) is 0 Å². The Hall–Kier alpha value is -1.11. The van der Waals surface area contributed by atoms with Crippen molar-refractivity contribution in [1.29, 1.82) is 0 Å². The van der Waals surface area contributed by atoms with Crippen molar-refractivity contribution in [3.05, 3.63) is 0 Å². The lowest BCUT2D eigenvalue weighted by Crippen LogP contribution is -2.30. The largest absolute Gasteiger partial charge is 0.465 e. The molecule has 1 aromatic rings. The molecule has 0 atom stereocenters. The van der Waals surface area contributed by atoms with Crippen molar-refractivity contribution in [2.45, 2.75) is 30.7 Å². The SMILES string of the molecule is CCOC(=O)C(C)(C)Sc1nn[nH]n1. The Morgan fingerprint density at radius 3 is 2.86 bits per heavy atom. The number of hydrogen-bond acceptors (Lipinski definition) is 6. The standard InChI is InChI=1S/C7H12N4O2S/c1-4-13-5(12)7(2,3)14-6-8-10-11-9-6/h4H2,1-3H3,(H,8,9,10,11). The van der Waals surface area contributed by atoms with Crippen LogP contribution in [0.4, 0.5) is 0 Å². The Bertz CT molecular complexity index is 299. The van der Waals surface area contributed by atoms with Crippen molar-refractivity contribution >= 4 is 17.7 Å². The third-order valence-electron chi connectivity index (χ3n) is 1.44. The van der Waals surface area contributed by atoms with Crippen LogP contribution in [0.2, 0.25) is 0 Å². The van der Waals surface area contributed by atoms with E-state index in [4.69, 9.17) is 4.74 Å². The van der Waals surface area contributed by atoms with Crippen molar-refractivity contribution in [3.63, 3.8) is 0 Å². The van der Waals surface area contributed by atoms with E-state index in [0.717, 1.165) is 0 Å². The minimum absolute atomic E-state index is 0.283. The molecular weight excluding hydrogens is 204 g/mol. The van der Waals surface area contributed by atoms with Crippen molar-refractivity contribution in [1.82, 2.24) is 20.6 Å². The summed E-state index contributed by atoms with van der Waals surface area (Å²) in [6, 6.07) is 0. The number of esters is 1. The molecule has 0 spiro atoms. The van der Waals surface area contributed by atoms with Crippen LogP contribution in [0.3, 0.4) is 0 Å². The molecule has 0 aliphatic carbocycles. The summed E-state index contributed by atoms with van der Waals surface area (Å²) in [4.78, 5) is 11.5. The molecule has 0 saturated carbocycles. The van der Waals surface area contributed by atoms with Gasteiger partial charge in [-0.1, -0.05) is 11.8 Å². The van der Waals surface area contributed by atoms with Crippen LogP contribution in [0, 0.1) is 0 Å². The predicted octanol–water partition coefficient (Wildman–Crippen LogP) is 0.633.